The maximum absolute atomic E-state index is 11.9. The number of nitrogens with zero attached hydrogens (tertiary/aromatic N) is 2. The standard InChI is InChI=1S/C13H11N3O4S/c17-11(14-7-9-3-1-5-19-9)8-16-12(15-20-13(16)18)10-4-2-6-21-10/h1-6H,7-8H2,(H,14,17). The SMILES string of the molecule is O=C(Cn1c(-c2cccs2)noc1=O)NCc1ccco1. The highest BCUT2D eigenvalue weighted by molar-refractivity contribution is 7.13. The van der Waals surface area contributed by atoms with Crippen LogP contribution >= 0.6 is 11.3 Å². The predicted molar refractivity (Wildman–Crippen MR) is 74.6 cm³/mol. The molecule has 3 heterocycles. The van der Waals surface area contributed by atoms with Crippen LogP contribution in [0.25, 0.3) is 10.7 Å². The Morgan fingerprint density at radius 3 is 3.00 bits per heavy atom. The van der Waals surface area contributed by atoms with Gasteiger partial charge >= 0.3 is 5.76 Å². The molecule has 0 aliphatic carbocycles. The van der Waals surface area contributed by atoms with Crippen LogP contribution in [0.15, 0.2) is 49.6 Å². The van der Waals surface area contributed by atoms with Crippen molar-refractivity contribution >= 4 is 17.2 Å². The van der Waals surface area contributed by atoms with Gasteiger partial charge in [0.15, 0.2) is 5.82 Å². The quantitative estimate of drug-likeness (QED) is 0.771. The number of furan rings is 1. The minimum absolute atomic E-state index is 0.156. The van der Waals surface area contributed by atoms with E-state index in [1.165, 1.54) is 22.2 Å². The van der Waals surface area contributed by atoms with E-state index in [-0.39, 0.29) is 19.0 Å². The molecular weight excluding hydrogens is 294 g/mol. The maximum Gasteiger partial charge on any atom is 0.442 e. The van der Waals surface area contributed by atoms with Crippen LogP contribution in [0.3, 0.4) is 0 Å². The number of amides is 1. The fourth-order valence-corrected chi connectivity index (χ4v) is 2.50. The molecule has 0 aromatic carbocycles. The van der Waals surface area contributed by atoms with Crippen LogP contribution in [0.4, 0.5) is 0 Å². The lowest BCUT2D eigenvalue weighted by atomic mass is 10.4. The summed E-state index contributed by atoms with van der Waals surface area (Å²) in [5, 5.41) is 8.23. The van der Waals surface area contributed by atoms with E-state index in [0.29, 0.717) is 11.6 Å². The first kappa shape index (κ1) is 13.4. The molecule has 1 N–H and O–H groups in total. The van der Waals surface area contributed by atoms with Gasteiger partial charge in [0.1, 0.15) is 12.3 Å². The molecule has 21 heavy (non-hydrogen) atoms. The number of carbonyl (C=O) groups is 1. The molecule has 0 fully saturated rings. The fraction of sp³-hybridized carbons (Fsp3) is 0.154. The summed E-state index contributed by atoms with van der Waals surface area (Å²) in [6.45, 7) is 0.108. The fourth-order valence-electron chi connectivity index (χ4n) is 1.79. The summed E-state index contributed by atoms with van der Waals surface area (Å²) in [6.07, 6.45) is 1.53. The number of hydrogen-bond donors (Lipinski definition) is 1. The molecule has 7 nitrogen and oxygen atoms in total. The van der Waals surface area contributed by atoms with Gasteiger partial charge in [-0.15, -0.1) is 11.3 Å². The summed E-state index contributed by atoms with van der Waals surface area (Å²) in [5.41, 5.74) is 0. The molecule has 108 valence electrons. The number of nitrogens with one attached hydrogen (secondary N) is 1. The van der Waals surface area contributed by atoms with Gasteiger partial charge in [-0.2, -0.15) is 0 Å². The van der Waals surface area contributed by atoms with Crippen LogP contribution < -0.4 is 11.1 Å². The number of hydrogen-bond acceptors (Lipinski definition) is 6. The van der Waals surface area contributed by atoms with E-state index in [2.05, 4.69) is 15.0 Å². The van der Waals surface area contributed by atoms with Gasteiger partial charge in [-0.25, -0.2) is 9.36 Å². The zero-order valence-corrected chi connectivity index (χ0v) is 11.6. The Hall–Kier alpha value is -2.61. The van der Waals surface area contributed by atoms with Gasteiger partial charge < -0.3 is 9.73 Å². The maximum atomic E-state index is 11.9. The number of aromatic nitrogens is 2. The first-order chi connectivity index (χ1) is 10.2. The van der Waals surface area contributed by atoms with Crippen molar-refractivity contribution in [1.29, 1.82) is 0 Å². The lowest BCUT2D eigenvalue weighted by Crippen LogP contribution is -2.30. The molecule has 0 spiro atoms. The van der Waals surface area contributed by atoms with Gasteiger partial charge in [0.05, 0.1) is 17.7 Å². The first-order valence-corrected chi connectivity index (χ1v) is 7.01. The Morgan fingerprint density at radius 1 is 1.38 bits per heavy atom. The lowest BCUT2D eigenvalue weighted by molar-refractivity contribution is -0.122. The highest BCUT2D eigenvalue weighted by Gasteiger charge is 2.16. The molecule has 0 aliphatic heterocycles. The smallest absolute Gasteiger partial charge is 0.442 e. The third-order valence-electron chi connectivity index (χ3n) is 2.77. The second-order valence-electron chi connectivity index (χ2n) is 4.19. The van der Waals surface area contributed by atoms with Gasteiger partial charge in [0.2, 0.25) is 5.91 Å². The van der Waals surface area contributed by atoms with E-state index in [1.807, 2.05) is 11.4 Å². The zero-order chi connectivity index (χ0) is 14.7. The average molecular weight is 305 g/mol. The molecule has 8 heteroatoms. The summed E-state index contributed by atoms with van der Waals surface area (Å²) in [6, 6.07) is 7.13. The molecule has 1 amide bonds. The van der Waals surface area contributed by atoms with Crippen molar-refractivity contribution in [1.82, 2.24) is 15.0 Å². The monoisotopic (exact) mass is 305 g/mol. The molecule has 0 radical (unpaired) electrons. The molecular formula is C13H11N3O4S. The van der Waals surface area contributed by atoms with Gasteiger partial charge in [0.25, 0.3) is 0 Å². The van der Waals surface area contributed by atoms with Gasteiger partial charge in [-0.1, -0.05) is 11.2 Å². The lowest BCUT2D eigenvalue weighted by Gasteiger charge is -2.04. The Morgan fingerprint density at radius 2 is 2.29 bits per heavy atom. The Bertz CT molecular complexity index is 771. The Balaban J connectivity index is 1.71. The van der Waals surface area contributed by atoms with E-state index >= 15 is 0 Å². The van der Waals surface area contributed by atoms with E-state index in [1.54, 1.807) is 18.2 Å². The van der Waals surface area contributed by atoms with Crippen molar-refractivity contribution in [3.05, 3.63) is 52.2 Å². The molecule has 3 aromatic heterocycles. The van der Waals surface area contributed by atoms with E-state index < -0.39 is 5.76 Å². The highest BCUT2D eigenvalue weighted by atomic mass is 32.1. The molecule has 0 aliphatic rings. The van der Waals surface area contributed by atoms with Gasteiger partial charge in [-0.3, -0.25) is 9.32 Å². The highest BCUT2D eigenvalue weighted by Crippen LogP contribution is 2.21. The largest absolute Gasteiger partial charge is 0.467 e. The molecule has 0 saturated heterocycles. The number of carbonyl (C=O) groups excluding carboxylic acids is 1. The summed E-state index contributed by atoms with van der Waals surface area (Å²) in [4.78, 5) is 24.3. The topological polar surface area (TPSA) is 90.3 Å². The summed E-state index contributed by atoms with van der Waals surface area (Å²) in [7, 11) is 0. The van der Waals surface area contributed by atoms with Crippen molar-refractivity contribution in [2.75, 3.05) is 0 Å². The normalized spacial score (nSPS) is 10.7. The third kappa shape index (κ3) is 2.95. The average Bonchev–Trinajstić information content (AvgIpc) is 3.19. The summed E-state index contributed by atoms with van der Waals surface area (Å²) >= 11 is 1.41. The first-order valence-electron chi connectivity index (χ1n) is 6.13. The van der Waals surface area contributed by atoms with Crippen LogP contribution in [0.5, 0.6) is 0 Å². The molecule has 0 atom stereocenters. The third-order valence-corrected chi connectivity index (χ3v) is 3.64. The van der Waals surface area contributed by atoms with Crippen LogP contribution in [-0.2, 0) is 17.9 Å². The van der Waals surface area contributed by atoms with Crippen LogP contribution in [0, 0.1) is 0 Å². The van der Waals surface area contributed by atoms with Crippen molar-refractivity contribution in [3.8, 4) is 10.7 Å². The van der Waals surface area contributed by atoms with Crippen molar-refractivity contribution in [3.63, 3.8) is 0 Å². The summed E-state index contributed by atoms with van der Waals surface area (Å²) in [5.74, 6) is 0.00343. The second-order valence-corrected chi connectivity index (χ2v) is 5.14. The molecule has 3 aromatic rings. The molecule has 0 saturated carbocycles. The minimum atomic E-state index is -0.661. The van der Waals surface area contributed by atoms with Crippen molar-refractivity contribution < 1.29 is 13.7 Å². The van der Waals surface area contributed by atoms with Crippen LogP contribution in [0.1, 0.15) is 5.76 Å². The Labute approximate surface area is 122 Å². The van der Waals surface area contributed by atoms with E-state index in [9.17, 15) is 9.59 Å². The summed E-state index contributed by atoms with van der Waals surface area (Å²) < 4.78 is 10.9. The Kier molecular flexibility index (Phi) is 3.69. The predicted octanol–water partition coefficient (Wildman–Crippen LogP) is 1.47. The van der Waals surface area contributed by atoms with Crippen LogP contribution in [0.2, 0.25) is 0 Å². The van der Waals surface area contributed by atoms with Crippen LogP contribution in [-0.4, -0.2) is 15.6 Å². The molecule has 0 bridgehead atoms. The minimum Gasteiger partial charge on any atom is -0.467 e. The second kappa shape index (κ2) is 5.80. The molecule has 3 rings (SSSR count). The van der Waals surface area contributed by atoms with Gasteiger partial charge in [0, 0.05) is 0 Å². The van der Waals surface area contributed by atoms with Gasteiger partial charge in [-0.05, 0) is 23.6 Å². The van der Waals surface area contributed by atoms with Crippen molar-refractivity contribution in [2.45, 2.75) is 13.1 Å². The molecule has 0 unspecified atom stereocenters. The number of rotatable bonds is 5. The number of thiophene rings is 1. The zero-order valence-electron chi connectivity index (χ0n) is 10.8. The van der Waals surface area contributed by atoms with E-state index in [0.717, 1.165) is 4.88 Å². The van der Waals surface area contributed by atoms with Crippen molar-refractivity contribution in [2.24, 2.45) is 0 Å². The van der Waals surface area contributed by atoms with E-state index in [4.69, 9.17) is 4.42 Å².